The number of nitrogens with one attached hydrogen (secondary N) is 1. The van der Waals surface area contributed by atoms with Gasteiger partial charge in [0.05, 0.1) is 18.8 Å². The second kappa shape index (κ2) is 6.69. The van der Waals surface area contributed by atoms with E-state index in [9.17, 15) is 9.59 Å². The van der Waals surface area contributed by atoms with Crippen LogP contribution in [0.15, 0.2) is 18.2 Å². The van der Waals surface area contributed by atoms with E-state index in [0.29, 0.717) is 5.69 Å². The van der Waals surface area contributed by atoms with Crippen LogP contribution in [0, 0.1) is 6.92 Å². The van der Waals surface area contributed by atoms with Crippen molar-refractivity contribution in [1.29, 1.82) is 0 Å². The number of carbonyl (C=O) groups is 2. The highest BCUT2D eigenvalue weighted by molar-refractivity contribution is 5.82. The van der Waals surface area contributed by atoms with Gasteiger partial charge in [0.1, 0.15) is 0 Å². The number of amides is 2. The average Bonchev–Trinajstić information content (AvgIpc) is 2.35. The molecule has 0 bridgehead atoms. The summed E-state index contributed by atoms with van der Waals surface area (Å²) in [5, 5.41) is 19.8. The SMILES string of the molecule is Cc1cccc(CN(C)C(=O)N[C@@H](CO)C(=O)O)n1. The van der Waals surface area contributed by atoms with Gasteiger partial charge in [-0.05, 0) is 19.1 Å². The van der Waals surface area contributed by atoms with E-state index < -0.39 is 24.6 Å². The van der Waals surface area contributed by atoms with Crippen molar-refractivity contribution in [1.82, 2.24) is 15.2 Å². The number of pyridine rings is 1. The monoisotopic (exact) mass is 267 g/mol. The number of carboxylic acid groups (broad SMARTS) is 1. The summed E-state index contributed by atoms with van der Waals surface area (Å²) >= 11 is 0. The number of aryl methyl sites for hydroxylation is 1. The van der Waals surface area contributed by atoms with Crippen LogP contribution in [-0.2, 0) is 11.3 Å². The quantitative estimate of drug-likeness (QED) is 0.695. The van der Waals surface area contributed by atoms with E-state index in [4.69, 9.17) is 10.2 Å². The van der Waals surface area contributed by atoms with Crippen molar-refractivity contribution < 1.29 is 19.8 Å². The first-order chi connectivity index (χ1) is 8.93. The fourth-order valence-corrected chi connectivity index (χ4v) is 1.45. The van der Waals surface area contributed by atoms with Crippen LogP contribution < -0.4 is 5.32 Å². The van der Waals surface area contributed by atoms with Crippen molar-refractivity contribution in [3.8, 4) is 0 Å². The molecule has 0 spiro atoms. The topological polar surface area (TPSA) is 103 Å². The summed E-state index contributed by atoms with van der Waals surface area (Å²) in [5.41, 5.74) is 1.54. The summed E-state index contributed by atoms with van der Waals surface area (Å²) in [4.78, 5) is 27.9. The molecule has 0 radical (unpaired) electrons. The molecule has 7 nitrogen and oxygen atoms in total. The van der Waals surface area contributed by atoms with Crippen LogP contribution >= 0.6 is 0 Å². The molecule has 1 rings (SSSR count). The Morgan fingerprint density at radius 2 is 2.16 bits per heavy atom. The van der Waals surface area contributed by atoms with Crippen LogP contribution in [0.5, 0.6) is 0 Å². The van der Waals surface area contributed by atoms with E-state index in [1.807, 2.05) is 19.1 Å². The molecule has 2 amide bonds. The molecule has 0 unspecified atom stereocenters. The summed E-state index contributed by atoms with van der Waals surface area (Å²) in [7, 11) is 1.52. The van der Waals surface area contributed by atoms with Gasteiger partial charge < -0.3 is 20.4 Å². The Labute approximate surface area is 110 Å². The summed E-state index contributed by atoms with van der Waals surface area (Å²) < 4.78 is 0. The molecule has 0 aromatic carbocycles. The summed E-state index contributed by atoms with van der Waals surface area (Å²) in [6.07, 6.45) is 0. The molecule has 0 aliphatic heterocycles. The van der Waals surface area contributed by atoms with Gasteiger partial charge in [-0.15, -0.1) is 0 Å². The highest BCUT2D eigenvalue weighted by atomic mass is 16.4. The predicted octanol–water partition coefficient (Wildman–Crippen LogP) is -0.0231. The molecule has 0 saturated carbocycles. The highest BCUT2D eigenvalue weighted by Crippen LogP contribution is 2.02. The number of urea groups is 1. The number of hydrogen-bond acceptors (Lipinski definition) is 4. The van der Waals surface area contributed by atoms with Crippen molar-refractivity contribution in [2.45, 2.75) is 19.5 Å². The third kappa shape index (κ3) is 4.55. The van der Waals surface area contributed by atoms with Crippen LogP contribution in [0.2, 0.25) is 0 Å². The Morgan fingerprint density at radius 3 is 2.68 bits per heavy atom. The Kier molecular flexibility index (Phi) is 5.25. The number of carbonyl (C=O) groups excluding carboxylic acids is 1. The van der Waals surface area contributed by atoms with Gasteiger partial charge in [-0.1, -0.05) is 6.07 Å². The lowest BCUT2D eigenvalue weighted by molar-refractivity contribution is -0.140. The van der Waals surface area contributed by atoms with Crippen LogP contribution in [0.3, 0.4) is 0 Å². The van der Waals surface area contributed by atoms with Gasteiger partial charge in [0, 0.05) is 12.7 Å². The average molecular weight is 267 g/mol. The maximum Gasteiger partial charge on any atom is 0.328 e. The van der Waals surface area contributed by atoms with Gasteiger partial charge in [-0.25, -0.2) is 9.59 Å². The van der Waals surface area contributed by atoms with Crippen molar-refractivity contribution in [3.63, 3.8) is 0 Å². The number of hydrogen-bond donors (Lipinski definition) is 3. The lowest BCUT2D eigenvalue weighted by atomic mass is 10.3. The van der Waals surface area contributed by atoms with Crippen molar-refractivity contribution in [2.24, 2.45) is 0 Å². The maximum atomic E-state index is 11.7. The highest BCUT2D eigenvalue weighted by Gasteiger charge is 2.20. The standard InChI is InChI=1S/C12H17N3O4/c1-8-4-3-5-9(13-8)6-15(2)12(19)14-10(7-16)11(17)18/h3-5,10,16H,6-7H2,1-2H3,(H,14,19)(H,17,18)/t10-/m0/s1. The Balaban J connectivity index is 2.60. The van der Waals surface area contributed by atoms with Crippen molar-refractivity contribution >= 4 is 12.0 Å². The number of aliphatic carboxylic acids is 1. The first-order valence-corrected chi connectivity index (χ1v) is 5.72. The van der Waals surface area contributed by atoms with Crippen LogP contribution in [0.25, 0.3) is 0 Å². The molecule has 0 aliphatic carbocycles. The molecule has 1 aromatic heterocycles. The first kappa shape index (κ1) is 14.9. The molecule has 1 aromatic rings. The summed E-state index contributed by atoms with van der Waals surface area (Å²) in [5.74, 6) is -1.28. The summed E-state index contributed by atoms with van der Waals surface area (Å²) in [6.45, 7) is 1.44. The second-order valence-corrected chi connectivity index (χ2v) is 4.15. The number of aliphatic hydroxyl groups excluding tert-OH is 1. The van der Waals surface area contributed by atoms with Gasteiger partial charge in [-0.3, -0.25) is 4.98 Å². The molecule has 19 heavy (non-hydrogen) atoms. The fraction of sp³-hybridized carbons (Fsp3) is 0.417. The zero-order valence-electron chi connectivity index (χ0n) is 10.8. The third-order valence-corrected chi connectivity index (χ3v) is 2.47. The number of aliphatic hydroxyl groups is 1. The smallest absolute Gasteiger partial charge is 0.328 e. The van der Waals surface area contributed by atoms with Gasteiger partial charge in [-0.2, -0.15) is 0 Å². The Morgan fingerprint density at radius 1 is 1.47 bits per heavy atom. The van der Waals surface area contributed by atoms with E-state index >= 15 is 0 Å². The Hall–Kier alpha value is -2.15. The zero-order valence-corrected chi connectivity index (χ0v) is 10.8. The molecule has 7 heteroatoms. The minimum atomic E-state index is -1.31. The molecule has 1 heterocycles. The lowest BCUT2D eigenvalue weighted by Crippen LogP contribution is -2.48. The minimum absolute atomic E-state index is 0.255. The van der Waals surface area contributed by atoms with E-state index in [1.54, 1.807) is 6.07 Å². The molecule has 0 aliphatic rings. The minimum Gasteiger partial charge on any atom is -0.480 e. The number of nitrogens with zero attached hydrogens (tertiary/aromatic N) is 2. The van der Waals surface area contributed by atoms with Crippen LogP contribution in [-0.4, -0.2) is 51.8 Å². The van der Waals surface area contributed by atoms with Crippen molar-refractivity contribution in [2.75, 3.05) is 13.7 Å². The van der Waals surface area contributed by atoms with Crippen LogP contribution in [0.1, 0.15) is 11.4 Å². The zero-order chi connectivity index (χ0) is 14.4. The van der Waals surface area contributed by atoms with E-state index in [0.717, 1.165) is 5.69 Å². The van der Waals surface area contributed by atoms with Crippen molar-refractivity contribution in [3.05, 3.63) is 29.6 Å². The molecule has 0 saturated heterocycles. The molecule has 104 valence electrons. The van der Waals surface area contributed by atoms with Gasteiger partial charge in [0.15, 0.2) is 6.04 Å². The van der Waals surface area contributed by atoms with E-state index in [2.05, 4.69) is 10.3 Å². The van der Waals surface area contributed by atoms with Crippen LogP contribution in [0.4, 0.5) is 4.79 Å². The van der Waals surface area contributed by atoms with Gasteiger partial charge >= 0.3 is 12.0 Å². The third-order valence-electron chi connectivity index (χ3n) is 2.47. The summed E-state index contributed by atoms with van der Waals surface area (Å²) in [6, 6.07) is 3.56. The molecular formula is C12H17N3O4. The van der Waals surface area contributed by atoms with Gasteiger partial charge in [0.2, 0.25) is 0 Å². The molecular weight excluding hydrogens is 250 g/mol. The van der Waals surface area contributed by atoms with E-state index in [1.165, 1.54) is 11.9 Å². The first-order valence-electron chi connectivity index (χ1n) is 5.72. The predicted molar refractivity (Wildman–Crippen MR) is 67.5 cm³/mol. The normalized spacial score (nSPS) is 11.7. The number of rotatable bonds is 5. The molecule has 3 N–H and O–H groups in total. The largest absolute Gasteiger partial charge is 0.480 e. The maximum absolute atomic E-state index is 11.7. The number of aromatic nitrogens is 1. The Bertz CT molecular complexity index is 464. The molecule has 0 fully saturated rings. The lowest BCUT2D eigenvalue weighted by Gasteiger charge is -2.20. The molecule has 1 atom stereocenters. The van der Waals surface area contributed by atoms with Gasteiger partial charge in [0.25, 0.3) is 0 Å². The second-order valence-electron chi connectivity index (χ2n) is 4.15. The fourth-order valence-electron chi connectivity index (χ4n) is 1.45. The van der Waals surface area contributed by atoms with E-state index in [-0.39, 0.29) is 6.54 Å². The number of carboxylic acids is 1.